The number of fused-ring (bicyclic) bond motifs is 1. The molecule has 0 aliphatic rings. The quantitative estimate of drug-likeness (QED) is 0.525. The second-order valence-electron chi connectivity index (χ2n) is 5.39. The summed E-state index contributed by atoms with van der Waals surface area (Å²) < 4.78 is 7.39. The highest BCUT2D eigenvalue weighted by Crippen LogP contribution is 2.38. The van der Waals surface area contributed by atoms with Gasteiger partial charge in [-0.05, 0) is 24.6 Å². The number of hydrogen-bond acceptors (Lipinski definition) is 4. The van der Waals surface area contributed by atoms with Crippen molar-refractivity contribution in [2.24, 2.45) is 16.0 Å². The predicted molar refractivity (Wildman–Crippen MR) is 94.3 cm³/mol. The van der Waals surface area contributed by atoms with Crippen LogP contribution in [0.15, 0.2) is 64.8 Å². The van der Waals surface area contributed by atoms with E-state index in [0.717, 1.165) is 11.3 Å². The molecule has 0 unspecified atom stereocenters. The lowest BCUT2D eigenvalue weighted by Gasteiger charge is -2.08. The topological polar surface area (TPSA) is 102 Å². The molecule has 25 heavy (non-hydrogen) atoms. The van der Waals surface area contributed by atoms with E-state index in [1.165, 1.54) is 0 Å². The maximum atomic E-state index is 10.8. The Hall–Kier alpha value is -3.35. The largest absolute Gasteiger partial charge is 0.494 e. The van der Waals surface area contributed by atoms with Gasteiger partial charge in [-0.2, -0.15) is 0 Å². The minimum Gasteiger partial charge on any atom is -0.494 e. The maximum Gasteiger partial charge on any atom is 0.356 e. The Morgan fingerprint density at radius 2 is 1.84 bits per heavy atom. The average molecular weight is 338 g/mol. The van der Waals surface area contributed by atoms with E-state index in [2.05, 4.69) is 10.2 Å². The van der Waals surface area contributed by atoms with Gasteiger partial charge >= 0.3 is 6.03 Å². The number of urea groups is 1. The van der Waals surface area contributed by atoms with E-state index in [1.807, 2.05) is 48.5 Å². The van der Waals surface area contributed by atoms with Crippen molar-refractivity contribution in [1.29, 1.82) is 0 Å². The highest BCUT2D eigenvalue weighted by Gasteiger charge is 2.16. The average Bonchev–Trinajstić information content (AvgIpc) is 2.89. The molecular formula is C18H18N4O3. The van der Waals surface area contributed by atoms with Crippen molar-refractivity contribution in [3.8, 4) is 11.6 Å². The van der Waals surface area contributed by atoms with Gasteiger partial charge in [0.2, 0.25) is 5.88 Å². The number of aromatic hydroxyl groups is 1. The van der Waals surface area contributed by atoms with Crippen LogP contribution in [0.4, 0.5) is 10.5 Å². The molecule has 0 aliphatic carbocycles. The van der Waals surface area contributed by atoms with Crippen LogP contribution in [0.3, 0.4) is 0 Å². The van der Waals surface area contributed by atoms with E-state index in [4.69, 9.17) is 10.5 Å². The molecule has 128 valence electrons. The molecule has 0 saturated carbocycles. The first-order chi connectivity index (χ1) is 12.2. The molecule has 3 aromatic rings. The first-order valence-corrected chi connectivity index (χ1v) is 7.86. The smallest absolute Gasteiger partial charge is 0.356 e. The van der Waals surface area contributed by atoms with Crippen LogP contribution in [0, 0.1) is 0 Å². The fourth-order valence-electron chi connectivity index (χ4n) is 2.63. The van der Waals surface area contributed by atoms with Crippen LogP contribution in [0.2, 0.25) is 0 Å². The lowest BCUT2D eigenvalue weighted by atomic mass is 10.2. The van der Waals surface area contributed by atoms with E-state index >= 15 is 0 Å². The summed E-state index contributed by atoms with van der Waals surface area (Å²) in [6.45, 7) is 1.04. The third kappa shape index (κ3) is 3.77. The molecule has 2 aromatic carbocycles. The third-order valence-electron chi connectivity index (χ3n) is 3.70. The van der Waals surface area contributed by atoms with Crippen LogP contribution < -0.4 is 10.5 Å². The number of azo groups is 1. The van der Waals surface area contributed by atoms with Crippen molar-refractivity contribution >= 4 is 22.6 Å². The van der Waals surface area contributed by atoms with Crippen LogP contribution in [0.1, 0.15) is 6.42 Å². The van der Waals surface area contributed by atoms with Gasteiger partial charge in [0.05, 0.1) is 12.1 Å². The van der Waals surface area contributed by atoms with Crippen LogP contribution in [0.25, 0.3) is 10.9 Å². The minimum absolute atomic E-state index is 0.0501. The summed E-state index contributed by atoms with van der Waals surface area (Å²) in [5, 5.41) is 18.3. The number of ether oxygens (including phenoxy) is 1. The fraction of sp³-hybridized carbons (Fsp3) is 0.167. The summed E-state index contributed by atoms with van der Waals surface area (Å²) in [4.78, 5) is 10.8. The third-order valence-corrected chi connectivity index (χ3v) is 3.70. The molecule has 0 saturated heterocycles. The van der Waals surface area contributed by atoms with Gasteiger partial charge in [0.15, 0.2) is 5.69 Å². The second-order valence-corrected chi connectivity index (χ2v) is 5.39. The number of carbonyl (C=O) groups is 1. The predicted octanol–water partition coefficient (Wildman–Crippen LogP) is 3.98. The van der Waals surface area contributed by atoms with Crippen molar-refractivity contribution in [2.75, 3.05) is 6.61 Å². The van der Waals surface area contributed by atoms with E-state index in [9.17, 15) is 9.90 Å². The Morgan fingerprint density at radius 1 is 1.12 bits per heavy atom. The summed E-state index contributed by atoms with van der Waals surface area (Å²) in [6, 6.07) is 16.0. The molecule has 7 heteroatoms. The number of carbonyl (C=O) groups excluding carboxylic acids is 1. The van der Waals surface area contributed by atoms with Gasteiger partial charge in [-0.15, -0.1) is 5.11 Å². The zero-order chi connectivity index (χ0) is 17.6. The molecule has 0 fully saturated rings. The number of para-hydroxylation sites is 2. The molecule has 3 N–H and O–H groups in total. The highest BCUT2D eigenvalue weighted by atomic mass is 16.5. The van der Waals surface area contributed by atoms with Crippen molar-refractivity contribution in [2.45, 2.75) is 13.0 Å². The van der Waals surface area contributed by atoms with Gasteiger partial charge in [-0.25, -0.2) is 4.79 Å². The molecule has 7 nitrogen and oxygen atoms in total. The van der Waals surface area contributed by atoms with E-state index in [1.54, 1.807) is 10.6 Å². The molecular weight excluding hydrogens is 320 g/mol. The van der Waals surface area contributed by atoms with Gasteiger partial charge in [0.25, 0.3) is 0 Å². The number of amides is 2. The van der Waals surface area contributed by atoms with Crippen molar-refractivity contribution in [1.82, 2.24) is 4.57 Å². The molecule has 0 bridgehead atoms. The first kappa shape index (κ1) is 16.5. The maximum absolute atomic E-state index is 10.8. The lowest BCUT2D eigenvalue weighted by Crippen LogP contribution is -2.04. The van der Waals surface area contributed by atoms with E-state index in [-0.39, 0.29) is 11.6 Å². The molecule has 1 aromatic heterocycles. The summed E-state index contributed by atoms with van der Waals surface area (Å²) in [7, 11) is 0. The Kier molecular flexibility index (Phi) is 4.94. The van der Waals surface area contributed by atoms with Gasteiger partial charge < -0.3 is 20.1 Å². The Morgan fingerprint density at radius 3 is 2.60 bits per heavy atom. The van der Waals surface area contributed by atoms with E-state index in [0.29, 0.717) is 25.0 Å². The van der Waals surface area contributed by atoms with Crippen LogP contribution in [-0.2, 0) is 6.54 Å². The number of aromatic nitrogens is 1. The van der Waals surface area contributed by atoms with Gasteiger partial charge in [-0.1, -0.05) is 41.5 Å². The van der Waals surface area contributed by atoms with Crippen molar-refractivity contribution < 1.29 is 14.6 Å². The Bertz CT molecular complexity index is 903. The molecule has 3 rings (SSSR count). The second kappa shape index (κ2) is 7.48. The summed E-state index contributed by atoms with van der Waals surface area (Å²) in [5.74, 6) is 0.756. The number of nitrogens with zero attached hydrogens (tertiary/aromatic N) is 3. The number of rotatable bonds is 6. The van der Waals surface area contributed by atoms with Gasteiger partial charge in [-0.3, -0.25) is 0 Å². The molecule has 2 amide bonds. The first-order valence-electron chi connectivity index (χ1n) is 7.86. The number of nitrogens with two attached hydrogens (primary N) is 1. The molecule has 1 heterocycles. The zero-order valence-electron chi connectivity index (χ0n) is 13.5. The summed E-state index contributed by atoms with van der Waals surface area (Å²) >= 11 is 0. The minimum atomic E-state index is -0.910. The summed E-state index contributed by atoms with van der Waals surface area (Å²) in [5.41, 5.74) is 6.03. The molecule has 0 aliphatic heterocycles. The fourth-order valence-corrected chi connectivity index (χ4v) is 2.63. The normalized spacial score (nSPS) is 11.2. The van der Waals surface area contributed by atoms with Gasteiger partial charge in [0.1, 0.15) is 5.75 Å². The Balaban J connectivity index is 1.77. The number of aryl methyl sites for hydroxylation is 1. The van der Waals surface area contributed by atoms with E-state index < -0.39 is 6.03 Å². The lowest BCUT2D eigenvalue weighted by molar-refractivity contribution is 0.255. The molecule has 0 spiro atoms. The summed E-state index contributed by atoms with van der Waals surface area (Å²) in [6.07, 6.45) is 0.688. The number of benzene rings is 2. The van der Waals surface area contributed by atoms with Crippen molar-refractivity contribution in [3.05, 3.63) is 54.6 Å². The van der Waals surface area contributed by atoms with Gasteiger partial charge in [0, 0.05) is 11.9 Å². The number of hydrogen-bond donors (Lipinski definition) is 2. The molecule has 0 atom stereocenters. The number of primary amides is 1. The Labute approximate surface area is 144 Å². The molecule has 0 radical (unpaired) electrons. The van der Waals surface area contributed by atoms with Crippen LogP contribution in [-0.4, -0.2) is 22.3 Å². The SMILES string of the molecule is NC(=O)N=Nc1c(O)n(CCCOc2ccccc2)c2ccccc12. The van der Waals surface area contributed by atoms with Crippen molar-refractivity contribution in [3.63, 3.8) is 0 Å². The highest BCUT2D eigenvalue weighted by molar-refractivity contribution is 5.95. The van der Waals surface area contributed by atoms with Crippen LogP contribution in [0.5, 0.6) is 11.6 Å². The zero-order valence-corrected chi connectivity index (χ0v) is 13.5. The monoisotopic (exact) mass is 338 g/mol. The standard InChI is InChI=1S/C18H18N4O3/c19-18(24)21-20-16-14-9-4-5-10-15(14)22(17(16)23)11-6-12-25-13-7-2-1-3-8-13/h1-5,7-10,23H,6,11-12H2,(H2,19,24). The van der Waals surface area contributed by atoms with Crippen LogP contribution >= 0.6 is 0 Å².